The summed E-state index contributed by atoms with van der Waals surface area (Å²) >= 11 is 0. The van der Waals surface area contributed by atoms with E-state index in [2.05, 4.69) is 26.3 Å². The number of hydrogen-bond donors (Lipinski definition) is 0. The molecule has 0 N–H and O–H groups in total. The summed E-state index contributed by atoms with van der Waals surface area (Å²) in [5.74, 6) is 0.966. The molecule has 16 heavy (non-hydrogen) atoms. The average Bonchev–Trinajstić information content (AvgIpc) is 2.79. The molecule has 1 fully saturated rings. The Morgan fingerprint density at radius 2 is 2.12 bits per heavy atom. The van der Waals surface area contributed by atoms with Gasteiger partial charge in [-0.25, -0.2) is 0 Å². The minimum absolute atomic E-state index is 0.765. The molecule has 0 spiro atoms. The predicted molar refractivity (Wildman–Crippen MR) is 58.6 cm³/mol. The number of hydrogen-bond acceptors (Lipinski definition) is 5. The van der Waals surface area contributed by atoms with Crippen LogP contribution in [0.4, 0.5) is 5.82 Å². The smallest absolute Gasteiger partial charge is 0.180 e. The first-order valence-corrected chi connectivity index (χ1v) is 5.35. The average molecular weight is 219 g/mol. The molecule has 1 aliphatic heterocycles. The Balaban J connectivity index is 2.02. The summed E-state index contributed by atoms with van der Waals surface area (Å²) in [6, 6.07) is 2.05. The minimum Gasteiger partial charge on any atom is -0.378 e. The van der Waals surface area contributed by atoms with E-state index in [1.54, 1.807) is 10.8 Å². The molecule has 0 saturated carbocycles. The molecule has 0 atom stereocenters. The van der Waals surface area contributed by atoms with E-state index in [1.807, 2.05) is 6.92 Å². The third kappa shape index (κ3) is 1.51. The maximum atomic E-state index is 5.32. The molecule has 84 valence electrons. The fraction of sp³-hybridized carbons (Fsp3) is 0.500. The molecule has 3 rings (SSSR count). The van der Waals surface area contributed by atoms with Crippen LogP contribution in [0.2, 0.25) is 0 Å². The molecule has 3 heterocycles. The molecule has 0 bridgehead atoms. The zero-order valence-electron chi connectivity index (χ0n) is 9.13. The molecular weight excluding hydrogens is 206 g/mol. The number of aromatic nitrogens is 4. The molecule has 0 aromatic carbocycles. The highest BCUT2D eigenvalue weighted by molar-refractivity contribution is 5.52. The molecule has 0 amide bonds. The van der Waals surface area contributed by atoms with E-state index in [1.165, 1.54) is 0 Å². The Bertz CT molecular complexity index is 503. The van der Waals surface area contributed by atoms with E-state index in [9.17, 15) is 0 Å². The highest BCUT2D eigenvalue weighted by atomic mass is 16.5. The molecule has 0 radical (unpaired) electrons. The van der Waals surface area contributed by atoms with Crippen molar-refractivity contribution in [2.45, 2.75) is 6.92 Å². The minimum atomic E-state index is 0.765. The maximum Gasteiger partial charge on any atom is 0.180 e. The van der Waals surface area contributed by atoms with Crippen LogP contribution < -0.4 is 4.90 Å². The highest BCUT2D eigenvalue weighted by Crippen LogP contribution is 2.16. The number of anilines is 1. The molecule has 1 saturated heterocycles. The number of ether oxygens (including phenoxy) is 1. The van der Waals surface area contributed by atoms with Crippen LogP contribution in [-0.2, 0) is 4.74 Å². The molecule has 0 unspecified atom stereocenters. The molecule has 6 heteroatoms. The third-order valence-corrected chi connectivity index (χ3v) is 2.77. The lowest BCUT2D eigenvalue weighted by Gasteiger charge is -2.27. The van der Waals surface area contributed by atoms with E-state index in [4.69, 9.17) is 4.74 Å². The fourth-order valence-corrected chi connectivity index (χ4v) is 1.91. The van der Waals surface area contributed by atoms with Gasteiger partial charge in [0.15, 0.2) is 5.65 Å². The predicted octanol–water partition coefficient (Wildman–Crippen LogP) is 0.269. The van der Waals surface area contributed by atoms with Gasteiger partial charge in [0, 0.05) is 13.1 Å². The van der Waals surface area contributed by atoms with Crippen molar-refractivity contribution in [1.82, 2.24) is 19.8 Å². The van der Waals surface area contributed by atoms with E-state index < -0.39 is 0 Å². The summed E-state index contributed by atoms with van der Waals surface area (Å²) < 4.78 is 7.05. The molecule has 2 aromatic heterocycles. The monoisotopic (exact) mass is 219 g/mol. The van der Waals surface area contributed by atoms with Crippen LogP contribution in [0.3, 0.4) is 0 Å². The Morgan fingerprint density at radius 1 is 1.31 bits per heavy atom. The number of rotatable bonds is 1. The lowest BCUT2D eigenvalue weighted by atomic mass is 10.3. The molecule has 1 aliphatic rings. The maximum absolute atomic E-state index is 5.32. The summed E-state index contributed by atoms with van der Waals surface area (Å²) in [7, 11) is 0. The van der Waals surface area contributed by atoms with Gasteiger partial charge >= 0.3 is 0 Å². The van der Waals surface area contributed by atoms with Gasteiger partial charge in [0.2, 0.25) is 0 Å². The molecule has 2 aromatic rings. The van der Waals surface area contributed by atoms with Crippen molar-refractivity contribution >= 4 is 11.5 Å². The van der Waals surface area contributed by atoms with Gasteiger partial charge in [0.25, 0.3) is 0 Å². The lowest BCUT2D eigenvalue weighted by molar-refractivity contribution is 0.122. The van der Waals surface area contributed by atoms with Gasteiger partial charge in [-0.05, 0) is 18.6 Å². The van der Waals surface area contributed by atoms with Crippen molar-refractivity contribution in [3.63, 3.8) is 0 Å². The summed E-state index contributed by atoms with van der Waals surface area (Å²) in [6.07, 6.45) is 1.63. The standard InChI is InChI=1S/C10H13N5O/c1-8-6-9(14-2-4-16-5-3-14)13-15-7-11-12-10(8)15/h6-7H,2-5H2,1H3. The lowest BCUT2D eigenvalue weighted by Crippen LogP contribution is -2.37. The van der Waals surface area contributed by atoms with Gasteiger partial charge in [-0.15, -0.1) is 15.3 Å². The van der Waals surface area contributed by atoms with Crippen molar-refractivity contribution in [2.75, 3.05) is 31.2 Å². The van der Waals surface area contributed by atoms with Crippen LogP contribution in [0.15, 0.2) is 12.4 Å². The van der Waals surface area contributed by atoms with Gasteiger partial charge in [0.1, 0.15) is 12.1 Å². The first-order chi connectivity index (χ1) is 7.84. The van der Waals surface area contributed by atoms with Crippen LogP contribution in [0.5, 0.6) is 0 Å². The van der Waals surface area contributed by atoms with Gasteiger partial charge < -0.3 is 9.64 Å². The van der Waals surface area contributed by atoms with E-state index in [-0.39, 0.29) is 0 Å². The normalized spacial score (nSPS) is 16.9. The number of morpholine rings is 1. The van der Waals surface area contributed by atoms with Crippen LogP contribution in [-0.4, -0.2) is 46.1 Å². The zero-order chi connectivity index (χ0) is 11.0. The van der Waals surface area contributed by atoms with Crippen LogP contribution in [0.1, 0.15) is 5.56 Å². The van der Waals surface area contributed by atoms with Crippen molar-refractivity contribution in [3.8, 4) is 0 Å². The zero-order valence-corrected chi connectivity index (χ0v) is 9.13. The Kier molecular flexibility index (Phi) is 2.21. The van der Waals surface area contributed by atoms with Crippen molar-refractivity contribution in [1.29, 1.82) is 0 Å². The van der Waals surface area contributed by atoms with E-state index in [0.717, 1.165) is 43.3 Å². The molecule has 6 nitrogen and oxygen atoms in total. The summed E-state index contributed by atoms with van der Waals surface area (Å²) in [5, 5.41) is 12.3. The van der Waals surface area contributed by atoms with Gasteiger partial charge in [-0.3, -0.25) is 0 Å². The van der Waals surface area contributed by atoms with Gasteiger partial charge in [0.05, 0.1) is 13.2 Å². The second kappa shape index (κ2) is 3.71. The topological polar surface area (TPSA) is 55.5 Å². The van der Waals surface area contributed by atoms with Crippen molar-refractivity contribution in [3.05, 3.63) is 18.0 Å². The van der Waals surface area contributed by atoms with Gasteiger partial charge in [-0.2, -0.15) is 4.52 Å². The SMILES string of the molecule is Cc1cc(N2CCOCC2)nn2cnnc12. The number of fused-ring (bicyclic) bond motifs is 1. The summed E-state index contributed by atoms with van der Waals surface area (Å²) in [4.78, 5) is 2.22. The molecule has 0 aliphatic carbocycles. The Labute approximate surface area is 92.8 Å². The summed E-state index contributed by atoms with van der Waals surface area (Å²) in [6.45, 7) is 5.33. The van der Waals surface area contributed by atoms with E-state index >= 15 is 0 Å². The fourth-order valence-electron chi connectivity index (χ4n) is 1.91. The van der Waals surface area contributed by atoms with Crippen molar-refractivity contribution < 1.29 is 4.74 Å². The van der Waals surface area contributed by atoms with Crippen LogP contribution >= 0.6 is 0 Å². The largest absolute Gasteiger partial charge is 0.378 e. The van der Waals surface area contributed by atoms with E-state index in [0.29, 0.717) is 0 Å². The quantitative estimate of drug-likeness (QED) is 0.689. The van der Waals surface area contributed by atoms with Gasteiger partial charge in [-0.1, -0.05) is 0 Å². The first-order valence-electron chi connectivity index (χ1n) is 5.35. The van der Waals surface area contributed by atoms with Crippen LogP contribution in [0.25, 0.3) is 5.65 Å². The van der Waals surface area contributed by atoms with Crippen LogP contribution in [0, 0.1) is 6.92 Å². The Hall–Kier alpha value is -1.69. The Morgan fingerprint density at radius 3 is 2.94 bits per heavy atom. The van der Waals surface area contributed by atoms with Crippen molar-refractivity contribution in [2.24, 2.45) is 0 Å². The second-order valence-corrected chi connectivity index (χ2v) is 3.88. The first kappa shape index (κ1) is 9.53. The molecular formula is C10H13N5O. The third-order valence-electron chi connectivity index (χ3n) is 2.77. The number of nitrogens with zero attached hydrogens (tertiary/aromatic N) is 5. The summed E-state index contributed by atoms with van der Waals surface area (Å²) in [5.41, 5.74) is 1.91. The highest BCUT2D eigenvalue weighted by Gasteiger charge is 2.14. The number of aryl methyl sites for hydroxylation is 1. The second-order valence-electron chi connectivity index (χ2n) is 3.88.